The number of aromatic nitrogens is 1. The van der Waals surface area contributed by atoms with Crippen LogP contribution in [0.15, 0.2) is 54.1 Å². The third-order valence-electron chi connectivity index (χ3n) is 6.83. The SMILES string of the molecule is COc1cc(C2C(=C(O)c3cc(C)ccc3C)C(=O)C(=O)N2c2nc3ccc(C)cc3s2)cc(OC)c1OC. The molecule has 8 nitrogen and oxygen atoms in total. The van der Waals surface area contributed by atoms with Crippen LogP contribution in [0.2, 0.25) is 0 Å². The Kier molecular flexibility index (Phi) is 6.78. The van der Waals surface area contributed by atoms with Gasteiger partial charge in [-0.3, -0.25) is 14.5 Å². The van der Waals surface area contributed by atoms with E-state index in [2.05, 4.69) is 0 Å². The second-order valence-corrected chi connectivity index (χ2v) is 10.4. The van der Waals surface area contributed by atoms with Crippen LogP contribution in [-0.4, -0.2) is 43.1 Å². The molecule has 0 bridgehead atoms. The van der Waals surface area contributed by atoms with Gasteiger partial charge in [0.2, 0.25) is 5.75 Å². The molecular weight excluding hydrogens is 516 g/mol. The van der Waals surface area contributed by atoms with E-state index in [1.165, 1.54) is 37.6 Å². The van der Waals surface area contributed by atoms with Gasteiger partial charge in [-0.1, -0.05) is 35.1 Å². The second kappa shape index (κ2) is 10.1. The van der Waals surface area contributed by atoms with E-state index in [0.29, 0.717) is 39.0 Å². The summed E-state index contributed by atoms with van der Waals surface area (Å²) in [6, 6.07) is 13.7. The average Bonchev–Trinajstić information content (AvgIpc) is 3.46. The van der Waals surface area contributed by atoms with Crippen LogP contribution in [-0.2, 0) is 9.59 Å². The van der Waals surface area contributed by atoms with Gasteiger partial charge < -0.3 is 19.3 Å². The number of benzene rings is 3. The van der Waals surface area contributed by atoms with Gasteiger partial charge in [0, 0.05) is 5.56 Å². The maximum Gasteiger partial charge on any atom is 0.301 e. The number of fused-ring (bicyclic) bond motifs is 1. The summed E-state index contributed by atoms with van der Waals surface area (Å²) in [7, 11) is 4.48. The fraction of sp³-hybridized carbons (Fsp3) is 0.233. The van der Waals surface area contributed by atoms with Gasteiger partial charge in [0.15, 0.2) is 16.6 Å². The van der Waals surface area contributed by atoms with Crippen molar-refractivity contribution in [2.75, 3.05) is 26.2 Å². The van der Waals surface area contributed by atoms with E-state index in [0.717, 1.165) is 21.4 Å². The maximum absolute atomic E-state index is 13.7. The van der Waals surface area contributed by atoms with Gasteiger partial charge in [0.05, 0.1) is 43.2 Å². The summed E-state index contributed by atoms with van der Waals surface area (Å²) in [6.45, 7) is 5.72. The van der Waals surface area contributed by atoms with Gasteiger partial charge in [0.1, 0.15) is 5.76 Å². The minimum absolute atomic E-state index is 0.0431. The quantitative estimate of drug-likeness (QED) is 0.184. The number of amides is 1. The molecule has 1 amide bonds. The molecule has 1 fully saturated rings. The number of aliphatic hydroxyl groups is 1. The number of hydrogen-bond acceptors (Lipinski definition) is 8. The van der Waals surface area contributed by atoms with E-state index in [1.807, 2.05) is 51.1 Å². The van der Waals surface area contributed by atoms with E-state index in [9.17, 15) is 14.7 Å². The van der Waals surface area contributed by atoms with E-state index in [4.69, 9.17) is 19.2 Å². The molecule has 1 N–H and O–H groups in total. The third kappa shape index (κ3) is 4.38. The molecule has 5 rings (SSSR count). The summed E-state index contributed by atoms with van der Waals surface area (Å²) < 4.78 is 17.5. The van der Waals surface area contributed by atoms with Crippen LogP contribution >= 0.6 is 11.3 Å². The molecule has 39 heavy (non-hydrogen) atoms. The number of ether oxygens (including phenoxy) is 3. The number of aryl methyl sites for hydroxylation is 3. The average molecular weight is 545 g/mol. The summed E-state index contributed by atoms with van der Waals surface area (Å²) in [5, 5.41) is 12.0. The lowest BCUT2D eigenvalue weighted by Crippen LogP contribution is -2.29. The highest BCUT2D eigenvalue weighted by Crippen LogP contribution is 2.48. The standard InChI is InChI=1S/C30H28N2O6S/c1-15-7-9-17(3)19(11-15)26(33)24-25(18-13-21(36-4)28(38-6)22(14-18)37-5)32(29(35)27(24)34)30-31-20-10-8-16(2)12-23(20)39-30/h7-14,25,33H,1-6H3. The fourth-order valence-electron chi connectivity index (χ4n) is 4.86. The minimum Gasteiger partial charge on any atom is -0.507 e. The Hall–Kier alpha value is -4.37. The number of hydrogen-bond donors (Lipinski definition) is 1. The molecule has 1 unspecified atom stereocenters. The highest BCUT2D eigenvalue weighted by Gasteiger charge is 2.48. The lowest BCUT2D eigenvalue weighted by Gasteiger charge is -2.24. The first-order chi connectivity index (χ1) is 18.7. The van der Waals surface area contributed by atoms with Gasteiger partial charge >= 0.3 is 5.91 Å². The van der Waals surface area contributed by atoms with Crippen LogP contribution < -0.4 is 19.1 Å². The number of rotatable bonds is 6. The molecule has 3 aromatic carbocycles. The van der Waals surface area contributed by atoms with Crippen LogP contribution in [0.5, 0.6) is 17.2 Å². The number of Topliss-reactive ketones (excluding diaryl/α,β-unsaturated/α-hetero) is 1. The number of nitrogens with zero attached hydrogens (tertiary/aromatic N) is 2. The smallest absolute Gasteiger partial charge is 0.301 e. The number of carbonyl (C=O) groups excluding carboxylic acids is 2. The summed E-state index contributed by atoms with van der Waals surface area (Å²) in [6.07, 6.45) is 0. The van der Waals surface area contributed by atoms with Crippen molar-refractivity contribution in [3.05, 3.63) is 81.9 Å². The molecule has 9 heteroatoms. The van der Waals surface area contributed by atoms with E-state index in [-0.39, 0.29) is 11.3 Å². The van der Waals surface area contributed by atoms with Gasteiger partial charge in [0.25, 0.3) is 5.78 Å². The Morgan fingerprint density at radius 2 is 1.54 bits per heavy atom. The lowest BCUT2D eigenvalue weighted by atomic mass is 9.93. The minimum atomic E-state index is -1.000. The van der Waals surface area contributed by atoms with E-state index >= 15 is 0 Å². The first-order valence-electron chi connectivity index (χ1n) is 12.2. The highest BCUT2D eigenvalue weighted by atomic mass is 32.1. The van der Waals surface area contributed by atoms with Crippen molar-refractivity contribution in [1.82, 2.24) is 4.98 Å². The molecule has 1 aromatic heterocycles. The molecule has 2 heterocycles. The van der Waals surface area contributed by atoms with Crippen LogP contribution in [0.25, 0.3) is 16.0 Å². The number of ketones is 1. The molecule has 0 saturated carbocycles. The van der Waals surface area contributed by atoms with Crippen molar-refractivity contribution < 1.29 is 28.9 Å². The van der Waals surface area contributed by atoms with Crippen LogP contribution in [0.1, 0.15) is 33.9 Å². The zero-order valence-electron chi connectivity index (χ0n) is 22.5. The van der Waals surface area contributed by atoms with Gasteiger partial charge in [-0.2, -0.15) is 0 Å². The van der Waals surface area contributed by atoms with Crippen LogP contribution in [0.4, 0.5) is 5.13 Å². The summed E-state index contributed by atoms with van der Waals surface area (Å²) in [5.41, 5.74) is 4.36. The van der Waals surface area contributed by atoms with Gasteiger partial charge in [-0.05, 0) is 67.8 Å². The maximum atomic E-state index is 13.7. The number of aliphatic hydroxyl groups excluding tert-OH is 1. The van der Waals surface area contributed by atoms with Crippen molar-refractivity contribution in [1.29, 1.82) is 0 Å². The Bertz CT molecular complexity index is 1650. The first-order valence-corrected chi connectivity index (χ1v) is 13.1. The summed E-state index contributed by atoms with van der Waals surface area (Å²) >= 11 is 1.31. The fourth-order valence-corrected chi connectivity index (χ4v) is 5.95. The zero-order chi connectivity index (χ0) is 28.0. The molecule has 0 radical (unpaired) electrons. The number of anilines is 1. The van der Waals surface area contributed by atoms with Crippen molar-refractivity contribution in [2.24, 2.45) is 0 Å². The van der Waals surface area contributed by atoms with Crippen LogP contribution in [0.3, 0.4) is 0 Å². The van der Waals surface area contributed by atoms with Crippen molar-refractivity contribution in [3.8, 4) is 17.2 Å². The molecule has 1 aliphatic heterocycles. The second-order valence-electron chi connectivity index (χ2n) is 9.41. The molecular formula is C30H28N2O6S. The molecule has 0 spiro atoms. The molecule has 1 aliphatic rings. The van der Waals surface area contributed by atoms with Gasteiger partial charge in [-0.15, -0.1) is 0 Å². The first kappa shape index (κ1) is 26.2. The van der Waals surface area contributed by atoms with E-state index < -0.39 is 17.7 Å². The predicted molar refractivity (Wildman–Crippen MR) is 151 cm³/mol. The normalized spacial score (nSPS) is 16.7. The van der Waals surface area contributed by atoms with Crippen molar-refractivity contribution in [2.45, 2.75) is 26.8 Å². The summed E-state index contributed by atoms with van der Waals surface area (Å²) in [5.74, 6) is -0.773. The van der Waals surface area contributed by atoms with Crippen LogP contribution in [0, 0.1) is 20.8 Å². The Labute approximate surface area is 230 Å². The van der Waals surface area contributed by atoms with Crippen molar-refractivity contribution in [3.63, 3.8) is 0 Å². The van der Waals surface area contributed by atoms with Gasteiger partial charge in [-0.25, -0.2) is 4.98 Å². The molecule has 1 atom stereocenters. The zero-order valence-corrected chi connectivity index (χ0v) is 23.3. The number of thiazole rings is 1. The Balaban J connectivity index is 1.81. The van der Waals surface area contributed by atoms with Crippen molar-refractivity contribution >= 4 is 44.1 Å². The molecule has 0 aliphatic carbocycles. The molecule has 1 saturated heterocycles. The topological polar surface area (TPSA) is 98.2 Å². The number of methoxy groups -OCH3 is 3. The molecule has 200 valence electrons. The predicted octanol–water partition coefficient (Wildman–Crippen LogP) is 5.87. The number of carbonyl (C=O) groups is 2. The largest absolute Gasteiger partial charge is 0.507 e. The monoisotopic (exact) mass is 544 g/mol. The molecule has 4 aromatic rings. The van der Waals surface area contributed by atoms with E-state index in [1.54, 1.807) is 18.2 Å². The highest BCUT2D eigenvalue weighted by molar-refractivity contribution is 7.22. The lowest BCUT2D eigenvalue weighted by molar-refractivity contribution is -0.132. The summed E-state index contributed by atoms with van der Waals surface area (Å²) in [4.78, 5) is 33.4. The third-order valence-corrected chi connectivity index (χ3v) is 7.85. The Morgan fingerprint density at radius 1 is 0.897 bits per heavy atom. The Morgan fingerprint density at radius 3 is 2.18 bits per heavy atom.